The molecule has 0 aliphatic rings. The molecule has 0 aliphatic heterocycles. The van der Waals surface area contributed by atoms with Crippen LogP contribution < -0.4 is 17.0 Å². The van der Waals surface area contributed by atoms with Gasteiger partial charge in [0.15, 0.2) is 5.65 Å². The first-order chi connectivity index (χ1) is 14.6. The maximum absolute atomic E-state index is 12.9. The summed E-state index contributed by atoms with van der Waals surface area (Å²) in [5.74, 6) is -0.976. The minimum atomic E-state index is -0.720. The average Bonchev–Trinajstić information content (AvgIpc) is 3.20. The van der Waals surface area contributed by atoms with Gasteiger partial charge >= 0.3 is 11.7 Å². The van der Waals surface area contributed by atoms with Crippen LogP contribution in [0.5, 0.6) is 0 Å². The van der Waals surface area contributed by atoms with Gasteiger partial charge < -0.3 is 20.4 Å². The Morgan fingerprint density at radius 3 is 2.48 bits per heavy atom. The lowest BCUT2D eigenvalue weighted by Crippen LogP contribution is -2.44. The molecule has 0 bridgehead atoms. The van der Waals surface area contributed by atoms with Gasteiger partial charge in [-0.15, -0.1) is 0 Å². The van der Waals surface area contributed by atoms with E-state index < -0.39 is 29.7 Å². The van der Waals surface area contributed by atoms with E-state index in [0.29, 0.717) is 17.0 Å². The van der Waals surface area contributed by atoms with Gasteiger partial charge in [-0.2, -0.15) is 0 Å². The first-order valence-corrected chi connectivity index (χ1v) is 9.09. The number of aromatic amines is 1. The lowest BCUT2D eigenvalue weighted by atomic mass is 10.1. The maximum Gasteiger partial charge on any atom is 0.332 e. The number of H-pyrrole nitrogens is 1. The van der Waals surface area contributed by atoms with E-state index in [1.165, 1.54) is 21.2 Å². The van der Waals surface area contributed by atoms with Crippen LogP contribution in [-0.2, 0) is 27.9 Å². The van der Waals surface area contributed by atoms with E-state index in [1.807, 2.05) is 0 Å². The molecule has 0 fully saturated rings. The lowest BCUT2D eigenvalue weighted by molar-refractivity contribution is -0.146. The van der Waals surface area contributed by atoms with Crippen molar-refractivity contribution in [2.24, 2.45) is 12.8 Å². The van der Waals surface area contributed by atoms with Gasteiger partial charge in [-0.1, -0.05) is 24.3 Å². The summed E-state index contributed by atoms with van der Waals surface area (Å²) in [6.45, 7) is -0.853. The summed E-state index contributed by atoms with van der Waals surface area (Å²) in [5.41, 5.74) is 5.36. The number of ether oxygens (including phenoxy) is 1. The molecule has 0 saturated carbocycles. The number of amidine groups is 1. The predicted molar refractivity (Wildman–Crippen MR) is 112 cm³/mol. The number of benzene rings is 1. The summed E-state index contributed by atoms with van der Waals surface area (Å²) in [6, 6.07) is 6.63. The molecule has 0 atom stereocenters. The number of likely N-dealkylation sites (N-methyl/N-ethyl adjacent to an activating group) is 1. The molecule has 0 saturated heterocycles. The summed E-state index contributed by atoms with van der Waals surface area (Å²) in [6.07, 6.45) is 0. The average molecular weight is 427 g/mol. The zero-order valence-electron chi connectivity index (χ0n) is 17.1. The molecule has 31 heavy (non-hydrogen) atoms. The van der Waals surface area contributed by atoms with E-state index in [1.54, 1.807) is 24.3 Å². The highest BCUT2D eigenvalue weighted by Crippen LogP contribution is 2.18. The highest BCUT2D eigenvalue weighted by molar-refractivity contribution is 5.95. The smallest absolute Gasteiger partial charge is 0.332 e. The molecular formula is C19H21N7O5. The van der Waals surface area contributed by atoms with Crippen LogP contribution in [-0.4, -0.2) is 62.4 Å². The third kappa shape index (κ3) is 4.08. The zero-order valence-corrected chi connectivity index (χ0v) is 17.1. The number of hydrogen-bond donors (Lipinski definition) is 3. The number of imidazole rings is 1. The summed E-state index contributed by atoms with van der Waals surface area (Å²) in [4.78, 5) is 57.6. The Morgan fingerprint density at radius 2 is 1.90 bits per heavy atom. The number of esters is 1. The van der Waals surface area contributed by atoms with Crippen molar-refractivity contribution in [1.82, 2.24) is 24.0 Å². The minimum absolute atomic E-state index is 0.0520. The number of nitrogens with zero attached hydrogens (tertiary/aromatic N) is 4. The number of amides is 1. The molecule has 3 rings (SSSR count). The molecule has 0 unspecified atom stereocenters. The van der Waals surface area contributed by atoms with Crippen molar-refractivity contribution in [1.29, 1.82) is 5.41 Å². The van der Waals surface area contributed by atoms with Crippen LogP contribution in [0.25, 0.3) is 22.6 Å². The van der Waals surface area contributed by atoms with Gasteiger partial charge in [0, 0.05) is 25.2 Å². The molecule has 12 nitrogen and oxygen atoms in total. The number of rotatable bonds is 6. The molecule has 2 heterocycles. The van der Waals surface area contributed by atoms with Crippen LogP contribution in [0.2, 0.25) is 0 Å². The number of nitrogen functional groups attached to an aromatic ring is 1. The van der Waals surface area contributed by atoms with Crippen LogP contribution >= 0.6 is 0 Å². The van der Waals surface area contributed by atoms with Crippen molar-refractivity contribution < 1.29 is 14.3 Å². The van der Waals surface area contributed by atoms with Crippen LogP contribution in [0, 0.1) is 5.41 Å². The molecule has 4 N–H and O–H groups in total. The van der Waals surface area contributed by atoms with E-state index in [0.717, 1.165) is 14.0 Å². The number of fused-ring (bicyclic) bond motifs is 1. The third-order valence-electron chi connectivity index (χ3n) is 4.76. The largest absolute Gasteiger partial charge is 0.468 e. The van der Waals surface area contributed by atoms with Crippen LogP contribution in [0.15, 0.2) is 33.9 Å². The number of aryl methyl sites for hydroxylation is 1. The molecular weight excluding hydrogens is 406 g/mol. The molecule has 12 heteroatoms. The Hall–Kier alpha value is -4.22. The van der Waals surface area contributed by atoms with Crippen LogP contribution in [0.1, 0.15) is 5.56 Å². The van der Waals surface area contributed by atoms with Gasteiger partial charge in [0.05, 0.1) is 7.11 Å². The summed E-state index contributed by atoms with van der Waals surface area (Å²) in [5, 5.41) is 7.45. The first-order valence-electron chi connectivity index (χ1n) is 9.09. The van der Waals surface area contributed by atoms with Gasteiger partial charge in [-0.3, -0.25) is 24.4 Å². The third-order valence-corrected chi connectivity index (χ3v) is 4.76. The van der Waals surface area contributed by atoms with Gasteiger partial charge in [0.1, 0.15) is 30.3 Å². The number of carbonyl (C=O) groups is 2. The Kier molecular flexibility index (Phi) is 5.72. The monoisotopic (exact) mass is 427 g/mol. The highest BCUT2D eigenvalue weighted by Gasteiger charge is 2.20. The van der Waals surface area contributed by atoms with Crippen LogP contribution in [0.4, 0.5) is 0 Å². The Balaban J connectivity index is 2.01. The number of aromatic nitrogens is 4. The van der Waals surface area contributed by atoms with Crippen molar-refractivity contribution in [3.05, 3.63) is 50.7 Å². The topological polar surface area (TPSA) is 169 Å². The van der Waals surface area contributed by atoms with Gasteiger partial charge in [0.2, 0.25) is 5.91 Å². The Bertz CT molecular complexity index is 1300. The summed E-state index contributed by atoms with van der Waals surface area (Å²) >= 11 is 0. The minimum Gasteiger partial charge on any atom is -0.468 e. The van der Waals surface area contributed by atoms with E-state index in [4.69, 9.17) is 11.1 Å². The first kappa shape index (κ1) is 21.5. The van der Waals surface area contributed by atoms with Crippen molar-refractivity contribution in [2.45, 2.75) is 6.54 Å². The molecule has 1 amide bonds. The Labute approximate surface area is 175 Å². The molecule has 1 aromatic carbocycles. The number of nitrogens with two attached hydrogens (primary N) is 1. The molecule has 0 aliphatic carbocycles. The number of nitrogens with one attached hydrogen (secondary N) is 2. The Morgan fingerprint density at radius 1 is 1.26 bits per heavy atom. The molecule has 0 radical (unpaired) electrons. The van der Waals surface area contributed by atoms with Gasteiger partial charge in [-0.05, 0) is 0 Å². The molecule has 2 aromatic heterocycles. The van der Waals surface area contributed by atoms with Gasteiger partial charge in [-0.25, -0.2) is 14.3 Å². The van der Waals surface area contributed by atoms with E-state index in [9.17, 15) is 19.2 Å². The fourth-order valence-corrected chi connectivity index (χ4v) is 2.94. The predicted octanol–water partition coefficient (Wildman–Crippen LogP) is -0.994. The van der Waals surface area contributed by atoms with E-state index in [2.05, 4.69) is 14.7 Å². The van der Waals surface area contributed by atoms with E-state index >= 15 is 0 Å². The molecule has 3 aromatic rings. The van der Waals surface area contributed by atoms with Gasteiger partial charge in [0.25, 0.3) is 5.56 Å². The summed E-state index contributed by atoms with van der Waals surface area (Å²) in [7, 11) is 4.00. The normalized spacial score (nSPS) is 10.8. The zero-order chi connectivity index (χ0) is 22.9. The SMILES string of the molecule is COC(=O)CN(C)C(=O)Cn1c(=O)c2[nH]c(-c3ccc(C(=N)N)cc3)nc2n(C)c1=O. The van der Waals surface area contributed by atoms with Crippen molar-refractivity contribution in [3.8, 4) is 11.4 Å². The number of carbonyl (C=O) groups excluding carboxylic acids is 2. The fraction of sp³-hybridized carbons (Fsp3) is 0.263. The van der Waals surface area contributed by atoms with Crippen LogP contribution in [0.3, 0.4) is 0 Å². The molecule has 0 spiro atoms. The quantitative estimate of drug-likeness (QED) is 0.257. The number of methoxy groups -OCH3 is 1. The standard InChI is InChI=1S/C19H21N7O5/c1-24(9-13(28)31-3)12(27)8-26-18(29)14-17(25(2)19(26)30)23-16(22-14)11-6-4-10(5-7-11)15(20)21/h4-7H,8-9H2,1-3H3,(H3,20,21)(H,22,23). The second-order valence-electron chi connectivity index (χ2n) is 6.83. The maximum atomic E-state index is 12.9. The number of hydrogen-bond acceptors (Lipinski definition) is 7. The lowest BCUT2D eigenvalue weighted by Gasteiger charge is -2.16. The second-order valence-corrected chi connectivity index (χ2v) is 6.83. The second kappa shape index (κ2) is 8.26. The fourth-order valence-electron chi connectivity index (χ4n) is 2.94. The van der Waals surface area contributed by atoms with Crippen molar-refractivity contribution in [2.75, 3.05) is 20.7 Å². The van der Waals surface area contributed by atoms with Crippen molar-refractivity contribution >= 4 is 28.9 Å². The highest BCUT2D eigenvalue weighted by atomic mass is 16.5. The summed E-state index contributed by atoms with van der Waals surface area (Å²) < 4.78 is 6.45. The van der Waals surface area contributed by atoms with Crippen molar-refractivity contribution in [3.63, 3.8) is 0 Å². The van der Waals surface area contributed by atoms with E-state index in [-0.39, 0.29) is 23.5 Å². The molecule has 162 valence electrons.